The van der Waals surface area contributed by atoms with Gasteiger partial charge in [-0.25, -0.2) is 4.79 Å². The number of carbonyl (C=O) groups is 1. The molecule has 2 atom stereocenters. The van der Waals surface area contributed by atoms with E-state index in [1.165, 1.54) is 9.58 Å². The zero-order valence-corrected chi connectivity index (χ0v) is 17.8. The quantitative estimate of drug-likeness (QED) is 0.770. The topological polar surface area (TPSA) is 67.6 Å². The number of aryl methyl sites for hydroxylation is 1. The van der Waals surface area contributed by atoms with Crippen LogP contribution in [0.3, 0.4) is 0 Å². The highest BCUT2D eigenvalue weighted by atomic mass is 19.3. The molecule has 0 aliphatic carbocycles. The van der Waals surface area contributed by atoms with Crippen LogP contribution in [0, 0.1) is 5.92 Å². The number of ether oxygens (including phenoxy) is 1. The standard InChI is InChI=1S/C18H27F2N3O3.C2H6/c1-11-7-14-13(9-22(11)16(25)26-17(2,3)4)15-18(19,20)8-12(10-24)5-6-23(15)21-14;1-2/h11-12,24H,5-10H2,1-4H3;1-2H3/t11-,12?;/m1./s1. The predicted molar refractivity (Wildman–Crippen MR) is 102 cm³/mol. The van der Waals surface area contributed by atoms with Crippen molar-refractivity contribution in [2.45, 2.75) is 91.5 Å². The lowest BCUT2D eigenvalue weighted by Crippen LogP contribution is -2.45. The molecule has 0 saturated carbocycles. The Morgan fingerprint density at radius 2 is 2.00 bits per heavy atom. The van der Waals surface area contributed by atoms with Crippen LogP contribution in [0.1, 0.15) is 71.3 Å². The van der Waals surface area contributed by atoms with Gasteiger partial charge in [-0.3, -0.25) is 4.68 Å². The van der Waals surface area contributed by atoms with Crippen LogP contribution in [0.25, 0.3) is 0 Å². The third-order valence-electron chi connectivity index (χ3n) is 5.01. The molecule has 1 N–H and O–H groups in total. The first-order valence-electron chi connectivity index (χ1n) is 10.1. The maximum atomic E-state index is 14.9. The van der Waals surface area contributed by atoms with Crippen LogP contribution in [0.4, 0.5) is 13.6 Å². The lowest BCUT2D eigenvalue weighted by atomic mass is 9.93. The van der Waals surface area contributed by atoms with Crippen molar-refractivity contribution in [2.24, 2.45) is 5.92 Å². The third kappa shape index (κ3) is 4.64. The molecule has 0 fully saturated rings. The first-order valence-corrected chi connectivity index (χ1v) is 10.1. The molecule has 0 aromatic carbocycles. The van der Waals surface area contributed by atoms with E-state index in [4.69, 9.17) is 4.74 Å². The molecular formula is C20H33F2N3O3. The van der Waals surface area contributed by atoms with E-state index in [0.717, 1.165) is 0 Å². The molecule has 0 bridgehead atoms. The van der Waals surface area contributed by atoms with Gasteiger partial charge in [-0.05, 0) is 40.0 Å². The van der Waals surface area contributed by atoms with E-state index in [2.05, 4.69) is 5.10 Å². The van der Waals surface area contributed by atoms with Gasteiger partial charge >= 0.3 is 6.09 Å². The second-order valence-corrected chi connectivity index (χ2v) is 8.40. The molecule has 6 nitrogen and oxygen atoms in total. The molecule has 28 heavy (non-hydrogen) atoms. The Labute approximate surface area is 165 Å². The summed E-state index contributed by atoms with van der Waals surface area (Å²) in [6.07, 6.45) is -0.0105. The Bertz CT molecular complexity index is 698. The number of halogens is 2. The second-order valence-electron chi connectivity index (χ2n) is 8.40. The van der Waals surface area contributed by atoms with Crippen LogP contribution in [0.2, 0.25) is 0 Å². The Morgan fingerprint density at radius 1 is 1.36 bits per heavy atom. The predicted octanol–water partition coefficient (Wildman–Crippen LogP) is 4.09. The number of aliphatic hydroxyl groups excluding tert-OH is 1. The molecule has 0 spiro atoms. The first kappa shape index (κ1) is 22.6. The van der Waals surface area contributed by atoms with Crippen molar-refractivity contribution >= 4 is 6.09 Å². The fourth-order valence-corrected chi connectivity index (χ4v) is 3.75. The molecule has 3 heterocycles. The maximum absolute atomic E-state index is 14.9. The van der Waals surface area contributed by atoms with E-state index in [1.54, 1.807) is 20.8 Å². The zero-order valence-electron chi connectivity index (χ0n) is 17.8. The van der Waals surface area contributed by atoms with Crippen molar-refractivity contribution in [1.82, 2.24) is 14.7 Å². The van der Waals surface area contributed by atoms with Crippen molar-refractivity contribution < 1.29 is 23.4 Å². The number of aliphatic hydroxyl groups is 1. The molecular weight excluding hydrogens is 368 g/mol. The molecule has 160 valence electrons. The van der Waals surface area contributed by atoms with Gasteiger partial charge in [0.05, 0.1) is 12.2 Å². The molecule has 1 unspecified atom stereocenters. The van der Waals surface area contributed by atoms with Gasteiger partial charge in [0.15, 0.2) is 0 Å². The first-order chi connectivity index (χ1) is 13.0. The SMILES string of the molecule is CC.C[C@@H]1Cc2nn3c(c2CN1C(=O)OC(C)(C)C)C(F)(F)CC(CO)CC3. The summed E-state index contributed by atoms with van der Waals surface area (Å²) in [5.41, 5.74) is 0.307. The number of rotatable bonds is 1. The third-order valence-corrected chi connectivity index (χ3v) is 5.01. The van der Waals surface area contributed by atoms with Crippen molar-refractivity contribution in [3.05, 3.63) is 17.0 Å². The minimum atomic E-state index is -3.08. The lowest BCUT2D eigenvalue weighted by Gasteiger charge is -2.35. The molecule has 1 aromatic heterocycles. The molecule has 1 amide bonds. The van der Waals surface area contributed by atoms with Gasteiger partial charge in [0.1, 0.15) is 11.3 Å². The highest BCUT2D eigenvalue weighted by molar-refractivity contribution is 5.69. The Balaban J connectivity index is 0.00000136. The van der Waals surface area contributed by atoms with Gasteiger partial charge in [-0.2, -0.15) is 13.9 Å². The number of aromatic nitrogens is 2. The molecule has 3 rings (SSSR count). The normalized spacial score (nSPS) is 23.7. The van der Waals surface area contributed by atoms with Gasteiger partial charge in [0.2, 0.25) is 0 Å². The summed E-state index contributed by atoms with van der Waals surface area (Å²) in [7, 11) is 0. The number of carbonyl (C=O) groups excluding carboxylic acids is 1. The number of hydrogen-bond acceptors (Lipinski definition) is 4. The summed E-state index contributed by atoms with van der Waals surface area (Å²) in [5.74, 6) is -3.53. The van der Waals surface area contributed by atoms with Crippen LogP contribution < -0.4 is 0 Å². The summed E-state index contributed by atoms with van der Waals surface area (Å²) >= 11 is 0. The van der Waals surface area contributed by atoms with E-state index < -0.39 is 30.0 Å². The number of fused-ring (bicyclic) bond motifs is 3. The average Bonchev–Trinajstić information content (AvgIpc) is 2.89. The molecule has 8 heteroatoms. The summed E-state index contributed by atoms with van der Waals surface area (Å²) in [6, 6.07) is -0.171. The summed E-state index contributed by atoms with van der Waals surface area (Å²) in [4.78, 5) is 14.0. The van der Waals surface area contributed by atoms with Gasteiger partial charge in [0, 0.05) is 37.6 Å². The van der Waals surface area contributed by atoms with E-state index in [1.807, 2.05) is 20.8 Å². The number of alkyl halides is 2. The smallest absolute Gasteiger partial charge is 0.410 e. The monoisotopic (exact) mass is 401 g/mol. The van der Waals surface area contributed by atoms with Gasteiger partial charge in [0.25, 0.3) is 5.92 Å². The minimum Gasteiger partial charge on any atom is -0.444 e. The fourth-order valence-electron chi connectivity index (χ4n) is 3.75. The minimum absolute atomic E-state index is 0.0696. The van der Waals surface area contributed by atoms with E-state index >= 15 is 0 Å². The molecule has 0 saturated heterocycles. The molecule has 0 radical (unpaired) electrons. The van der Waals surface area contributed by atoms with Gasteiger partial charge in [-0.15, -0.1) is 0 Å². The van der Waals surface area contributed by atoms with Crippen LogP contribution in [0.15, 0.2) is 0 Å². The summed E-state index contributed by atoms with van der Waals surface area (Å²) in [5, 5.41) is 13.7. The Morgan fingerprint density at radius 3 is 2.57 bits per heavy atom. The van der Waals surface area contributed by atoms with Crippen LogP contribution in [-0.2, 0) is 30.2 Å². The highest BCUT2D eigenvalue weighted by Gasteiger charge is 2.45. The van der Waals surface area contributed by atoms with E-state index in [-0.39, 0.29) is 24.9 Å². The van der Waals surface area contributed by atoms with Crippen LogP contribution in [-0.4, -0.2) is 44.1 Å². The second kappa shape index (κ2) is 8.35. The highest BCUT2D eigenvalue weighted by Crippen LogP contribution is 2.42. The fraction of sp³-hybridized carbons (Fsp3) is 0.800. The summed E-state index contributed by atoms with van der Waals surface area (Å²) in [6.45, 7) is 11.4. The molecule has 2 aliphatic heterocycles. The van der Waals surface area contributed by atoms with Crippen molar-refractivity contribution in [3.8, 4) is 0 Å². The largest absolute Gasteiger partial charge is 0.444 e. The van der Waals surface area contributed by atoms with Crippen molar-refractivity contribution in [2.75, 3.05) is 6.61 Å². The maximum Gasteiger partial charge on any atom is 0.410 e. The van der Waals surface area contributed by atoms with E-state index in [0.29, 0.717) is 30.6 Å². The van der Waals surface area contributed by atoms with Gasteiger partial charge < -0.3 is 14.7 Å². The number of hydrogen-bond donors (Lipinski definition) is 1. The average molecular weight is 401 g/mol. The van der Waals surface area contributed by atoms with E-state index in [9.17, 15) is 18.7 Å². The number of nitrogens with zero attached hydrogens (tertiary/aromatic N) is 3. The summed E-state index contributed by atoms with van der Waals surface area (Å²) < 4.78 is 36.6. The number of amides is 1. The Kier molecular flexibility index (Phi) is 6.74. The van der Waals surface area contributed by atoms with Crippen LogP contribution in [0.5, 0.6) is 0 Å². The zero-order chi connectivity index (χ0) is 21.3. The Hall–Kier alpha value is -1.70. The van der Waals surface area contributed by atoms with Crippen molar-refractivity contribution in [3.63, 3.8) is 0 Å². The molecule has 1 aromatic rings. The van der Waals surface area contributed by atoms with Crippen molar-refractivity contribution in [1.29, 1.82) is 0 Å². The van der Waals surface area contributed by atoms with Gasteiger partial charge in [-0.1, -0.05) is 13.8 Å². The van der Waals surface area contributed by atoms with Crippen LogP contribution >= 0.6 is 0 Å². The molecule has 2 aliphatic rings. The lowest BCUT2D eigenvalue weighted by molar-refractivity contribution is -0.0392.